The van der Waals surface area contributed by atoms with Gasteiger partial charge in [-0.1, -0.05) is 30.7 Å². The van der Waals surface area contributed by atoms with Gasteiger partial charge in [0, 0.05) is 11.6 Å². The van der Waals surface area contributed by atoms with Crippen LogP contribution in [0.5, 0.6) is 0 Å². The maximum Gasteiger partial charge on any atom is 0.315 e. The van der Waals surface area contributed by atoms with Crippen molar-refractivity contribution >= 4 is 23.6 Å². The summed E-state index contributed by atoms with van der Waals surface area (Å²) in [6.45, 7) is 3.71. The van der Waals surface area contributed by atoms with Crippen molar-refractivity contribution in [3.05, 3.63) is 34.9 Å². The van der Waals surface area contributed by atoms with E-state index >= 15 is 0 Å². The number of hydrogen-bond acceptors (Lipinski definition) is 2. The summed E-state index contributed by atoms with van der Waals surface area (Å²) in [5, 5.41) is 14.8. The van der Waals surface area contributed by atoms with Gasteiger partial charge in [-0.3, -0.25) is 4.79 Å². The van der Waals surface area contributed by atoms with Crippen LogP contribution in [0.4, 0.5) is 4.79 Å². The van der Waals surface area contributed by atoms with E-state index in [1.54, 1.807) is 19.1 Å². The third-order valence-electron chi connectivity index (χ3n) is 3.05. The molecule has 0 aliphatic rings. The van der Waals surface area contributed by atoms with Gasteiger partial charge in [0.05, 0.1) is 12.0 Å². The Morgan fingerprint density at radius 2 is 2.10 bits per heavy atom. The molecule has 0 saturated carbocycles. The summed E-state index contributed by atoms with van der Waals surface area (Å²) in [5.74, 6) is -1.47. The monoisotopic (exact) mass is 298 g/mol. The van der Waals surface area contributed by atoms with Crippen LogP contribution in [-0.2, 0) is 4.79 Å². The number of nitrogens with one attached hydrogen (secondary N) is 2. The molecule has 0 aliphatic carbocycles. The number of carbonyl (C=O) groups is 2. The van der Waals surface area contributed by atoms with Crippen molar-refractivity contribution in [1.29, 1.82) is 0 Å². The van der Waals surface area contributed by atoms with Gasteiger partial charge in [0.1, 0.15) is 0 Å². The van der Waals surface area contributed by atoms with Crippen molar-refractivity contribution in [2.75, 3.05) is 6.54 Å². The first-order valence-electron chi connectivity index (χ1n) is 6.46. The molecule has 0 fully saturated rings. The minimum Gasteiger partial charge on any atom is -0.481 e. The predicted molar refractivity (Wildman–Crippen MR) is 77.8 cm³/mol. The SMILES string of the molecule is CCC(CNC(=O)NC(C)c1cccc(Cl)c1)C(=O)O. The van der Waals surface area contributed by atoms with E-state index in [9.17, 15) is 9.59 Å². The average Bonchev–Trinajstić information content (AvgIpc) is 2.38. The van der Waals surface area contributed by atoms with Gasteiger partial charge in [0.15, 0.2) is 0 Å². The number of hydrogen-bond donors (Lipinski definition) is 3. The molecule has 0 spiro atoms. The van der Waals surface area contributed by atoms with Crippen LogP contribution in [0.1, 0.15) is 31.9 Å². The number of carbonyl (C=O) groups excluding carboxylic acids is 1. The Morgan fingerprint density at radius 3 is 2.65 bits per heavy atom. The lowest BCUT2D eigenvalue weighted by molar-refractivity contribution is -0.141. The first kappa shape index (κ1) is 16.3. The van der Waals surface area contributed by atoms with Gasteiger partial charge in [-0.05, 0) is 31.0 Å². The highest BCUT2D eigenvalue weighted by Crippen LogP contribution is 2.17. The zero-order valence-corrected chi connectivity index (χ0v) is 12.3. The molecule has 2 atom stereocenters. The van der Waals surface area contributed by atoms with Crippen molar-refractivity contribution in [2.24, 2.45) is 5.92 Å². The first-order chi connectivity index (χ1) is 9.43. The van der Waals surface area contributed by atoms with Crippen LogP contribution in [-0.4, -0.2) is 23.7 Å². The largest absolute Gasteiger partial charge is 0.481 e. The summed E-state index contributed by atoms with van der Waals surface area (Å²) >= 11 is 5.89. The zero-order chi connectivity index (χ0) is 15.1. The summed E-state index contributed by atoms with van der Waals surface area (Å²) in [5.41, 5.74) is 0.887. The molecule has 1 rings (SSSR count). The lowest BCUT2D eigenvalue weighted by Crippen LogP contribution is -2.40. The van der Waals surface area contributed by atoms with Gasteiger partial charge in [0.2, 0.25) is 0 Å². The molecule has 1 aromatic carbocycles. The van der Waals surface area contributed by atoms with Gasteiger partial charge >= 0.3 is 12.0 Å². The second-order valence-corrected chi connectivity index (χ2v) is 5.01. The highest BCUT2D eigenvalue weighted by Gasteiger charge is 2.16. The number of aliphatic carboxylic acids is 1. The number of rotatable bonds is 6. The molecule has 20 heavy (non-hydrogen) atoms. The van der Waals surface area contributed by atoms with Crippen LogP contribution >= 0.6 is 11.6 Å². The molecule has 0 aromatic heterocycles. The van der Waals surface area contributed by atoms with Crippen LogP contribution in [0.3, 0.4) is 0 Å². The van der Waals surface area contributed by atoms with E-state index in [4.69, 9.17) is 16.7 Å². The molecule has 1 aromatic rings. The van der Waals surface area contributed by atoms with Crippen LogP contribution in [0.15, 0.2) is 24.3 Å². The molecule has 0 radical (unpaired) electrons. The standard InChI is InChI=1S/C14H19ClN2O3/c1-3-10(13(18)19)8-16-14(20)17-9(2)11-5-4-6-12(15)7-11/h4-7,9-10H,3,8H2,1-2H3,(H,18,19)(H2,16,17,20). The van der Waals surface area contributed by atoms with Crippen LogP contribution in [0.2, 0.25) is 5.02 Å². The topological polar surface area (TPSA) is 78.4 Å². The maximum absolute atomic E-state index is 11.7. The van der Waals surface area contributed by atoms with E-state index in [1.165, 1.54) is 0 Å². The second kappa shape index (κ2) is 7.75. The average molecular weight is 299 g/mol. The maximum atomic E-state index is 11.7. The second-order valence-electron chi connectivity index (χ2n) is 4.57. The molecular formula is C14H19ClN2O3. The number of benzene rings is 1. The van der Waals surface area contributed by atoms with Crippen molar-refractivity contribution in [1.82, 2.24) is 10.6 Å². The highest BCUT2D eigenvalue weighted by molar-refractivity contribution is 6.30. The predicted octanol–water partition coefficient (Wildman–Crippen LogP) is 2.81. The molecule has 0 saturated heterocycles. The van der Waals surface area contributed by atoms with E-state index in [0.29, 0.717) is 11.4 Å². The number of carboxylic acid groups (broad SMARTS) is 1. The molecule has 6 heteroatoms. The van der Waals surface area contributed by atoms with Crippen LogP contribution < -0.4 is 10.6 Å². The van der Waals surface area contributed by atoms with E-state index < -0.39 is 17.9 Å². The van der Waals surface area contributed by atoms with E-state index in [2.05, 4.69) is 10.6 Å². The fourth-order valence-electron chi connectivity index (χ4n) is 1.73. The fourth-order valence-corrected chi connectivity index (χ4v) is 1.93. The van der Waals surface area contributed by atoms with Gasteiger partial charge in [-0.2, -0.15) is 0 Å². The smallest absolute Gasteiger partial charge is 0.315 e. The Bertz CT molecular complexity index is 479. The van der Waals surface area contributed by atoms with Crippen molar-refractivity contribution in [3.63, 3.8) is 0 Å². The summed E-state index contributed by atoms with van der Waals surface area (Å²) in [7, 11) is 0. The molecule has 0 bridgehead atoms. The molecular weight excluding hydrogens is 280 g/mol. The molecule has 0 aliphatic heterocycles. The van der Waals surface area contributed by atoms with Gasteiger partial charge in [-0.15, -0.1) is 0 Å². The van der Waals surface area contributed by atoms with Crippen molar-refractivity contribution in [2.45, 2.75) is 26.3 Å². The fraction of sp³-hybridized carbons (Fsp3) is 0.429. The summed E-state index contributed by atoms with van der Waals surface area (Å²) in [4.78, 5) is 22.5. The summed E-state index contributed by atoms with van der Waals surface area (Å²) in [6.07, 6.45) is 0.472. The van der Waals surface area contributed by atoms with Gasteiger partial charge < -0.3 is 15.7 Å². The lowest BCUT2D eigenvalue weighted by atomic mass is 10.1. The first-order valence-corrected chi connectivity index (χ1v) is 6.84. The molecule has 0 heterocycles. The molecule has 2 amide bonds. The van der Waals surface area contributed by atoms with Crippen molar-refractivity contribution < 1.29 is 14.7 Å². The molecule has 5 nitrogen and oxygen atoms in total. The lowest BCUT2D eigenvalue weighted by Gasteiger charge is -2.16. The Hall–Kier alpha value is -1.75. The summed E-state index contributed by atoms with van der Waals surface area (Å²) in [6, 6.07) is 6.61. The normalized spacial score (nSPS) is 13.3. The highest BCUT2D eigenvalue weighted by atomic mass is 35.5. The Balaban J connectivity index is 2.48. The third-order valence-corrected chi connectivity index (χ3v) is 3.28. The molecule has 3 N–H and O–H groups in total. The van der Waals surface area contributed by atoms with E-state index in [0.717, 1.165) is 5.56 Å². The van der Waals surface area contributed by atoms with Crippen molar-refractivity contribution in [3.8, 4) is 0 Å². The quantitative estimate of drug-likeness (QED) is 0.755. The van der Waals surface area contributed by atoms with Gasteiger partial charge in [-0.25, -0.2) is 4.79 Å². The third kappa shape index (κ3) is 5.09. The number of carboxylic acids is 1. The Kier molecular flexibility index (Phi) is 6.31. The van der Waals surface area contributed by atoms with E-state index in [1.807, 2.05) is 19.1 Å². The molecule has 2 unspecified atom stereocenters. The van der Waals surface area contributed by atoms with Crippen LogP contribution in [0, 0.1) is 5.92 Å². The summed E-state index contributed by atoms with van der Waals surface area (Å²) < 4.78 is 0. The minimum atomic E-state index is -0.907. The minimum absolute atomic E-state index is 0.111. The molecule has 110 valence electrons. The number of halogens is 1. The zero-order valence-electron chi connectivity index (χ0n) is 11.5. The van der Waals surface area contributed by atoms with Gasteiger partial charge in [0.25, 0.3) is 0 Å². The Morgan fingerprint density at radius 1 is 1.40 bits per heavy atom. The van der Waals surface area contributed by atoms with Crippen LogP contribution in [0.25, 0.3) is 0 Å². The number of amides is 2. The number of urea groups is 1. The Labute approximate surface area is 123 Å². The van der Waals surface area contributed by atoms with E-state index in [-0.39, 0.29) is 12.6 Å².